The van der Waals surface area contributed by atoms with Gasteiger partial charge in [-0.3, -0.25) is 0 Å². The van der Waals surface area contributed by atoms with E-state index in [0.717, 1.165) is 25.9 Å². The number of methoxy groups -OCH3 is 1. The van der Waals surface area contributed by atoms with Gasteiger partial charge in [0.05, 0.1) is 6.61 Å². The van der Waals surface area contributed by atoms with E-state index in [0.29, 0.717) is 6.04 Å². The quantitative estimate of drug-likeness (QED) is 0.629. The normalized spacial score (nSPS) is 17.8. The van der Waals surface area contributed by atoms with E-state index in [9.17, 15) is 5.11 Å². The lowest BCUT2D eigenvalue weighted by Crippen LogP contribution is -2.50. The molecular weight excluding hydrogens is 178 g/mol. The summed E-state index contributed by atoms with van der Waals surface area (Å²) in [4.78, 5) is 0. The molecule has 0 aromatic heterocycles. The van der Waals surface area contributed by atoms with E-state index >= 15 is 0 Å². The van der Waals surface area contributed by atoms with Gasteiger partial charge in [0.1, 0.15) is 0 Å². The van der Waals surface area contributed by atoms with E-state index in [1.165, 1.54) is 0 Å². The highest BCUT2D eigenvalue weighted by Crippen LogP contribution is 2.13. The molecule has 0 bridgehead atoms. The Morgan fingerprint density at radius 2 is 2.14 bits per heavy atom. The maximum absolute atomic E-state index is 9.30. The van der Waals surface area contributed by atoms with Crippen molar-refractivity contribution in [1.82, 2.24) is 5.32 Å². The molecule has 0 spiro atoms. The lowest BCUT2D eigenvalue weighted by atomic mass is 9.96. The molecule has 3 nitrogen and oxygen atoms in total. The van der Waals surface area contributed by atoms with Gasteiger partial charge in [-0.05, 0) is 26.7 Å². The Hall–Kier alpha value is -0.120. The Kier molecular flexibility index (Phi) is 7.15. The summed E-state index contributed by atoms with van der Waals surface area (Å²) in [6.45, 7) is 7.29. The van der Waals surface area contributed by atoms with Gasteiger partial charge in [0, 0.05) is 25.3 Å². The molecular formula is C11H25NO2. The van der Waals surface area contributed by atoms with Gasteiger partial charge in [-0.25, -0.2) is 0 Å². The molecule has 2 unspecified atom stereocenters. The number of hydrogen-bond donors (Lipinski definition) is 2. The van der Waals surface area contributed by atoms with E-state index < -0.39 is 0 Å². The molecule has 0 aromatic carbocycles. The Labute approximate surface area is 87.8 Å². The van der Waals surface area contributed by atoms with Crippen molar-refractivity contribution in [3.63, 3.8) is 0 Å². The molecule has 0 radical (unpaired) electrons. The van der Waals surface area contributed by atoms with Crippen LogP contribution >= 0.6 is 0 Å². The standard InChI is InChI=1S/C11H25NO2/c1-5-7-11(3,9-13)12-10(2)6-8-14-4/h10,12-13H,5-9H2,1-4H3. The SMILES string of the molecule is CCCC(C)(CO)NC(C)CCOC. The fourth-order valence-electron chi connectivity index (χ4n) is 1.71. The molecule has 14 heavy (non-hydrogen) atoms. The van der Waals surface area contributed by atoms with E-state index in [1.807, 2.05) is 0 Å². The van der Waals surface area contributed by atoms with Crippen LogP contribution in [0.4, 0.5) is 0 Å². The minimum absolute atomic E-state index is 0.137. The first kappa shape index (κ1) is 13.9. The van der Waals surface area contributed by atoms with Crippen molar-refractivity contribution < 1.29 is 9.84 Å². The van der Waals surface area contributed by atoms with Gasteiger partial charge in [-0.2, -0.15) is 0 Å². The molecule has 0 saturated carbocycles. The topological polar surface area (TPSA) is 41.5 Å². The molecule has 0 aliphatic carbocycles. The van der Waals surface area contributed by atoms with Crippen LogP contribution in [-0.2, 0) is 4.74 Å². The van der Waals surface area contributed by atoms with Crippen LogP contribution in [0.2, 0.25) is 0 Å². The molecule has 0 amide bonds. The van der Waals surface area contributed by atoms with Crippen LogP contribution in [0.3, 0.4) is 0 Å². The number of aliphatic hydroxyl groups excluding tert-OH is 1. The van der Waals surface area contributed by atoms with Crippen molar-refractivity contribution in [3.05, 3.63) is 0 Å². The highest BCUT2D eigenvalue weighted by Gasteiger charge is 2.23. The minimum atomic E-state index is -0.137. The molecule has 0 saturated heterocycles. The summed E-state index contributed by atoms with van der Waals surface area (Å²) in [5.74, 6) is 0. The van der Waals surface area contributed by atoms with Gasteiger partial charge >= 0.3 is 0 Å². The van der Waals surface area contributed by atoms with Crippen molar-refractivity contribution in [3.8, 4) is 0 Å². The maximum atomic E-state index is 9.30. The molecule has 86 valence electrons. The molecule has 0 aromatic rings. The average molecular weight is 203 g/mol. The molecule has 2 atom stereocenters. The van der Waals surface area contributed by atoms with Crippen LogP contribution in [-0.4, -0.2) is 37.0 Å². The average Bonchev–Trinajstić information content (AvgIpc) is 2.15. The van der Waals surface area contributed by atoms with Gasteiger partial charge in [-0.15, -0.1) is 0 Å². The van der Waals surface area contributed by atoms with Crippen LogP contribution in [0.15, 0.2) is 0 Å². The molecule has 0 heterocycles. The molecule has 0 rings (SSSR count). The van der Waals surface area contributed by atoms with Crippen LogP contribution in [0.25, 0.3) is 0 Å². The van der Waals surface area contributed by atoms with Crippen molar-refractivity contribution in [2.75, 3.05) is 20.3 Å². The second-order valence-electron chi connectivity index (χ2n) is 4.30. The second kappa shape index (κ2) is 7.21. The third-order valence-corrected chi connectivity index (χ3v) is 2.50. The van der Waals surface area contributed by atoms with E-state index in [1.54, 1.807) is 7.11 Å². The van der Waals surface area contributed by atoms with E-state index in [2.05, 4.69) is 26.1 Å². The van der Waals surface area contributed by atoms with Crippen LogP contribution in [0, 0.1) is 0 Å². The zero-order valence-corrected chi connectivity index (χ0v) is 9.97. The van der Waals surface area contributed by atoms with Gasteiger partial charge in [0.2, 0.25) is 0 Å². The summed E-state index contributed by atoms with van der Waals surface area (Å²) in [6, 6.07) is 0.388. The minimum Gasteiger partial charge on any atom is -0.394 e. The predicted molar refractivity (Wildman–Crippen MR) is 59.5 cm³/mol. The number of hydrogen-bond acceptors (Lipinski definition) is 3. The van der Waals surface area contributed by atoms with Gasteiger partial charge < -0.3 is 15.2 Å². The molecule has 0 fully saturated rings. The summed E-state index contributed by atoms with van der Waals surface area (Å²) >= 11 is 0. The Balaban J connectivity index is 3.89. The first-order chi connectivity index (χ1) is 6.58. The van der Waals surface area contributed by atoms with Crippen LogP contribution < -0.4 is 5.32 Å². The monoisotopic (exact) mass is 203 g/mol. The lowest BCUT2D eigenvalue weighted by molar-refractivity contribution is 0.136. The molecule has 0 aliphatic rings. The molecule has 3 heteroatoms. The van der Waals surface area contributed by atoms with Crippen molar-refractivity contribution in [2.45, 2.75) is 51.6 Å². The zero-order chi connectivity index (χ0) is 11.0. The third kappa shape index (κ3) is 5.58. The highest BCUT2D eigenvalue weighted by molar-refractivity contribution is 4.84. The van der Waals surface area contributed by atoms with Gasteiger partial charge in [0.25, 0.3) is 0 Å². The molecule has 0 aliphatic heterocycles. The van der Waals surface area contributed by atoms with Crippen LogP contribution in [0.5, 0.6) is 0 Å². The van der Waals surface area contributed by atoms with E-state index in [-0.39, 0.29) is 12.1 Å². The summed E-state index contributed by atoms with van der Waals surface area (Å²) in [7, 11) is 1.71. The smallest absolute Gasteiger partial charge is 0.0610 e. The van der Waals surface area contributed by atoms with E-state index in [4.69, 9.17) is 4.74 Å². The zero-order valence-electron chi connectivity index (χ0n) is 9.97. The third-order valence-electron chi connectivity index (χ3n) is 2.50. The summed E-state index contributed by atoms with van der Waals surface area (Å²) in [5.41, 5.74) is -0.137. The number of ether oxygens (including phenoxy) is 1. The maximum Gasteiger partial charge on any atom is 0.0610 e. The lowest BCUT2D eigenvalue weighted by Gasteiger charge is -2.32. The van der Waals surface area contributed by atoms with Crippen molar-refractivity contribution in [1.29, 1.82) is 0 Å². The fourth-order valence-corrected chi connectivity index (χ4v) is 1.71. The fraction of sp³-hybridized carbons (Fsp3) is 1.00. The highest BCUT2D eigenvalue weighted by atomic mass is 16.5. The predicted octanol–water partition coefficient (Wildman–Crippen LogP) is 1.55. The van der Waals surface area contributed by atoms with Gasteiger partial charge in [-0.1, -0.05) is 13.3 Å². The van der Waals surface area contributed by atoms with Crippen molar-refractivity contribution >= 4 is 0 Å². The Bertz CT molecular complexity index is 141. The number of aliphatic hydroxyl groups is 1. The van der Waals surface area contributed by atoms with Crippen molar-refractivity contribution in [2.24, 2.45) is 0 Å². The molecule has 2 N–H and O–H groups in total. The summed E-state index contributed by atoms with van der Waals surface area (Å²) in [5, 5.41) is 12.7. The van der Waals surface area contributed by atoms with Crippen LogP contribution in [0.1, 0.15) is 40.0 Å². The second-order valence-corrected chi connectivity index (χ2v) is 4.30. The number of nitrogens with one attached hydrogen (secondary N) is 1. The summed E-state index contributed by atoms with van der Waals surface area (Å²) < 4.78 is 5.02. The first-order valence-corrected chi connectivity index (χ1v) is 5.45. The Morgan fingerprint density at radius 1 is 1.50 bits per heavy atom. The van der Waals surface area contributed by atoms with Gasteiger partial charge in [0.15, 0.2) is 0 Å². The number of rotatable bonds is 8. The summed E-state index contributed by atoms with van der Waals surface area (Å²) in [6.07, 6.45) is 3.07. The largest absolute Gasteiger partial charge is 0.394 e. The Morgan fingerprint density at radius 3 is 2.57 bits per heavy atom. The first-order valence-electron chi connectivity index (χ1n) is 5.45.